The van der Waals surface area contributed by atoms with Crippen LogP contribution in [0.1, 0.15) is 17.7 Å². The van der Waals surface area contributed by atoms with Gasteiger partial charge in [-0.1, -0.05) is 6.07 Å². The Balaban J connectivity index is 1.81. The van der Waals surface area contributed by atoms with Crippen LogP contribution in [0.3, 0.4) is 0 Å². The first-order valence-corrected chi connectivity index (χ1v) is 9.49. The van der Waals surface area contributed by atoms with Gasteiger partial charge in [-0.15, -0.1) is 15.7 Å². The van der Waals surface area contributed by atoms with Gasteiger partial charge in [-0.25, -0.2) is 4.31 Å². The molecule has 23 heavy (non-hydrogen) atoms. The second-order valence-electron chi connectivity index (χ2n) is 5.27. The molecule has 3 rings (SSSR count). The fourth-order valence-electron chi connectivity index (χ4n) is 2.41. The van der Waals surface area contributed by atoms with Crippen molar-refractivity contribution in [2.45, 2.75) is 18.9 Å². The van der Waals surface area contributed by atoms with Gasteiger partial charge in [-0.2, -0.15) is 8.42 Å². The summed E-state index contributed by atoms with van der Waals surface area (Å²) in [6.45, 7) is 1.07. The van der Waals surface area contributed by atoms with E-state index in [2.05, 4.69) is 9.71 Å². The van der Waals surface area contributed by atoms with Crippen LogP contribution in [0.2, 0.25) is 0 Å². The third-order valence-corrected chi connectivity index (χ3v) is 5.90. The number of hydrogen-bond donors (Lipinski definition) is 1. The summed E-state index contributed by atoms with van der Waals surface area (Å²) in [6, 6.07) is 3.57. The summed E-state index contributed by atoms with van der Waals surface area (Å²) in [4.78, 5) is 13.1. The van der Waals surface area contributed by atoms with Crippen molar-refractivity contribution < 1.29 is 17.9 Å². The molecule has 7 nitrogen and oxygen atoms in total. The quantitative estimate of drug-likeness (QED) is 0.869. The lowest BCUT2D eigenvalue weighted by Crippen LogP contribution is -2.40. The normalized spacial score (nSPS) is 23.3. The van der Waals surface area contributed by atoms with Gasteiger partial charge >= 0.3 is 10.2 Å². The lowest BCUT2D eigenvalue weighted by atomic mass is 10.2. The molecule has 1 aromatic heterocycles. The zero-order valence-electron chi connectivity index (χ0n) is 12.6. The van der Waals surface area contributed by atoms with Crippen LogP contribution in [0.5, 0.6) is 0 Å². The molecule has 1 atom stereocenters. The third kappa shape index (κ3) is 3.46. The molecule has 0 aromatic carbocycles. The van der Waals surface area contributed by atoms with Gasteiger partial charge in [-0.3, -0.25) is 4.79 Å². The molecule has 1 aromatic rings. The van der Waals surface area contributed by atoms with Gasteiger partial charge < -0.3 is 10.1 Å². The van der Waals surface area contributed by atoms with E-state index in [1.165, 1.54) is 24.5 Å². The van der Waals surface area contributed by atoms with Crippen molar-refractivity contribution in [3.05, 3.63) is 34.2 Å². The largest absolute Gasteiger partial charge is 0.376 e. The predicted octanol–water partition coefficient (Wildman–Crippen LogP) is 0.906. The first-order valence-electron chi connectivity index (χ1n) is 7.21. The van der Waals surface area contributed by atoms with Crippen LogP contribution in [-0.2, 0) is 19.7 Å². The van der Waals surface area contributed by atoms with E-state index in [0.717, 1.165) is 17.1 Å². The van der Waals surface area contributed by atoms with Gasteiger partial charge in [0.25, 0.3) is 5.91 Å². The number of thiophene rings is 1. The zero-order valence-corrected chi connectivity index (χ0v) is 14.2. The maximum Gasteiger partial charge on any atom is 0.345 e. The van der Waals surface area contributed by atoms with Crippen LogP contribution >= 0.6 is 11.3 Å². The first-order chi connectivity index (χ1) is 11.0. The fraction of sp³-hybridized carbons (Fsp3) is 0.429. The molecule has 0 unspecified atom stereocenters. The Morgan fingerprint density at radius 1 is 1.57 bits per heavy atom. The molecule has 0 saturated carbocycles. The predicted molar refractivity (Wildman–Crippen MR) is 87.6 cm³/mol. The molecule has 2 aliphatic rings. The van der Waals surface area contributed by atoms with E-state index >= 15 is 0 Å². The molecule has 2 aliphatic heterocycles. The molecule has 1 saturated heterocycles. The van der Waals surface area contributed by atoms with Gasteiger partial charge in [-0.05, 0) is 30.4 Å². The van der Waals surface area contributed by atoms with E-state index in [4.69, 9.17) is 4.74 Å². The van der Waals surface area contributed by atoms with Crippen LogP contribution in [0, 0.1) is 0 Å². The van der Waals surface area contributed by atoms with Crippen molar-refractivity contribution in [3.63, 3.8) is 0 Å². The maximum atomic E-state index is 12.4. The first kappa shape index (κ1) is 16.2. The van der Waals surface area contributed by atoms with Crippen LogP contribution < -0.4 is 5.32 Å². The molecule has 9 heteroatoms. The van der Waals surface area contributed by atoms with Gasteiger partial charge in [0.05, 0.1) is 16.7 Å². The summed E-state index contributed by atoms with van der Waals surface area (Å²) in [5, 5.41) is 4.57. The molecule has 1 fully saturated rings. The van der Waals surface area contributed by atoms with Crippen LogP contribution in [0.15, 0.2) is 33.7 Å². The Kier molecular flexibility index (Phi) is 4.51. The molecule has 1 N–H and O–H groups in total. The molecule has 0 spiro atoms. The average Bonchev–Trinajstić information content (AvgIpc) is 3.20. The topological polar surface area (TPSA) is 88.1 Å². The van der Waals surface area contributed by atoms with Gasteiger partial charge in [0, 0.05) is 20.2 Å². The average molecular weight is 355 g/mol. The van der Waals surface area contributed by atoms with Crippen molar-refractivity contribution in [1.29, 1.82) is 0 Å². The smallest absolute Gasteiger partial charge is 0.345 e. The molecular weight excluding hydrogens is 338 g/mol. The van der Waals surface area contributed by atoms with Crippen LogP contribution in [-0.4, -0.2) is 50.6 Å². The highest BCUT2D eigenvalue weighted by Crippen LogP contribution is 2.22. The summed E-state index contributed by atoms with van der Waals surface area (Å²) in [5.74, 6) is -0.449. The highest BCUT2D eigenvalue weighted by atomic mass is 32.2. The Labute approximate surface area is 138 Å². The molecular formula is C14H17N3O4S2. The van der Waals surface area contributed by atoms with E-state index in [9.17, 15) is 13.2 Å². The molecule has 124 valence electrons. The van der Waals surface area contributed by atoms with Crippen molar-refractivity contribution in [1.82, 2.24) is 9.62 Å². The number of hydrogen-bond acceptors (Lipinski definition) is 5. The summed E-state index contributed by atoms with van der Waals surface area (Å²) in [5.41, 5.74) is 0.335. The number of rotatable bonds is 4. The second kappa shape index (κ2) is 6.42. The minimum absolute atomic E-state index is 0.00418. The number of ether oxygens (including phenoxy) is 1. The number of allylic oxidation sites excluding steroid dienone is 1. The highest BCUT2D eigenvalue weighted by molar-refractivity contribution is 7.88. The molecule has 0 bridgehead atoms. The molecule has 0 radical (unpaired) electrons. The number of likely N-dealkylation sites (N-methyl/N-ethyl adjacent to an activating group) is 1. The Morgan fingerprint density at radius 2 is 2.39 bits per heavy atom. The summed E-state index contributed by atoms with van der Waals surface area (Å²) in [6.07, 6.45) is 3.37. The van der Waals surface area contributed by atoms with E-state index in [1.807, 2.05) is 5.38 Å². The highest BCUT2D eigenvalue weighted by Gasteiger charge is 2.30. The van der Waals surface area contributed by atoms with Crippen molar-refractivity contribution in [2.24, 2.45) is 4.40 Å². The van der Waals surface area contributed by atoms with Crippen molar-refractivity contribution >= 4 is 33.2 Å². The van der Waals surface area contributed by atoms with Crippen molar-refractivity contribution in [3.8, 4) is 0 Å². The van der Waals surface area contributed by atoms with Crippen LogP contribution in [0.4, 0.5) is 0 Å². The number of amides is 1. The van der Waals surface area contributed by atoms with E-state index in [1.54, 1.807) is 12.1 Å². The number of nitrogens with zero attached hydrogens (tertiary/aromatic N) is 2. The number of carbonyl (C=O) groups excluding carboxylic acids is 1. The molecule has 3 heterocycles. The molecule has 0 aliphatic carbocycles. The maximum absolute atomic E-state index is 12.4. The Hall–Kier alpha value is -1.71. The Bertz CT molecular complexity index is 747. The monoisotopic (exact) mass is 355 g/mol. The lowest BCUT2D eigenvalue weighted by molar-refractivity contribution is -0.118. The van der Waals surface area contributed by atoms with E-state index in [-0.39, 0.29) is 17.5 Å². The summed E-state index contributed by atoms with van der Waals surface area (Å²) in [7, 11) is -2.58. The zero-order chi connectivity index (χ0) is 16.4. The molecule has 1 amide bonds. The lowest BCUT2D eigenvalue weighted by Gasteiger charge is -2.23. The third-order valence-electron chi connectivity index (χ3n) is 3.69. The fourth-order valence-corrected chi connectivity index (χ4v) is 4.06. The minimum Gasteiger partial charge on any atom is -0.376 e. The standard InChI is InChI=1S/C14H17N3O4S2/c1-17-12(14(18)15-9-10-4-2-6-21-10)8-11(16-23(17,19)20)13-5-3-7-22-13/h3,5,7-8,10H,2,4,6,9H2,1H3,(H,15,18)/t10-/m0/s1. The number of nitrogens with one attached hydrogen (secondary N) is 1. The summed E-state index contributed by atoms with van der Waals surface area (Å²) >= 11 is 1.37. The van der Waals surface area contributed by atoms with Crippen LogP contribution in [0.25, 0.3) is 0 Å². The van der Waals surface area contributed by atoms with Gasteiger partial charge in [0.15, 0.2) is 0 Å². The van der Waals surface area contributed by atoms with E-state index in [0.29, 0.717) is 18.0 Å². The van der Waals surface area contributed by atoms with Crippen molar-refractivity contribution in [2.75, 3.05) is 20.2 Å². The Morgan fingerprint density at radius 3 is 3.04 bits per heavy atom. The number of carbonyl (C=O) groups is 1. The van der Waals surface area contributed by atoms with Gasteiger partial charge in [0.2, 0.25) is 0 Å². The van der Waals surface area contributed by atoms with E-state index < -0.39 is 16.1 Å². The minimum atomic E-state index is -3.90. The SMILES string of the molecule is CN1C(C(=O)NC[C@@H]2CCCO2)=CC(c2cccs2)=NS1(=O)=O. The summed E-state index contributed by atoms with van der Waals surface area (Å²) < 4.78 is 34.4. The van der Waals surface area contributed by atoms with Gasteiger partial charge in [0.1, 0.15) is 5.70 Å². The second-order valence-corrected chi connectivity index (χ2v) is 7.85.